The van der Waals surface area contributed by atoms with E-state index in [0.29, 0.717) is 26.3 Å². The van der Waals surface area contributed by atoms with E-state index < -0.39 is 17.5 Å². The molecule has 0 saturated carbocycles. The first-order valence-corrected chi connectivity index (χ1v) is 10.4. The topological polar surface area (TPSA) is 71.3 Å². The van der Waals surface area contributed by atoms with Crippen molar-refractivity contribution in [3.63, 3.8) is 0 Å². The summed E-state index contributed by atoms with van der Waals surface area (Å²) >= 11 is 2.02. The molecule has 3 aromatic carbocycles. The molecule has 0 aliphatic heterocycles. The number of nitrogens with one attached hydrogen (secondary N) is 1. The van der Waals surface area contributed by atoms with Crippen molar-refractivity contribution in [2.24, 2.45) is 0 Å². The summed E-state index contributed by atoms with van der Waals surface area (Å²) in [6.45, 7) is -0.294. The van der Waals surface area contributed by atoms with Crippen LogP contribution >= 0.6 is 22.6 Å². The van der Waals surface area contributed by atoms with Gasteiger partial charge in [-0.3, -0.25) is 4.79 Å². The summed E-state index contributed by atoms with van der Waals surface area (Å²) in [5.74, 6) is -0.617. The first-order chi connectivity index (χ1) is 15.4. The summed E-state index contributed by atoms with van der Waals surface area (Å²) in [7, 11) is 1.45. The number of hydrogen-bond donors (Lipinski definition) is 1. The number of nitriles is 1. The summed E-state index contributed by atoms with van der Waals surface area (Å²) in [5, 5.41) is 12.1. The molecule has 0 heterocycles. The van der Waals surface area contributed by atoms with Crippen molar-refractivity contribution in [3.05, 3.63) is 87.0 Å². The van der Waals surface area contributed by atoms with E-state index in [0.717, 1.165) is 0 Å². The molecule has 0 fully saturated rings. The van der Waals surface area contributed by atoms with Crippen LogP contribution in [0.5, 0.6) is 11.5 Å². The molecule has 0 spiro atoms. The van der Waals surface area contributed by atoms with Crippen LogP contribution in [0.3, 0.4) is 0 Å². The largest absolute Gasteiger partial charge is 0.493 e. The molecule has 1 N–H and O–H groups in total. The van der Waals surface area contributed by atoms with Crippen LogP contribution < -0.4 is 14.8 Å². The third-order valence-corrected chi connectivity index (χ3v) is 5.12. The fourth-order valence-corrected chi connectivity index (χ4v) is 3.63. The van der Waals surface area contributed by atoms with Gasteiger partial charge in [0.05, 0.1) is 22.3 Å². The van der Waals surface area contributed by atoms with Gasteiger partial charge in [-0.1, -0.05) is 18.2 Å². The molecule has 3 aromatic rings. The molecule has 0 radical (unpaired) electrons. The van der Waals surface area contributed by atoms with Crippen molar-refractivity contribution in [2.45, 2.75) is 0 Å². The fourth-order valence-electron chi connectivity index (χ4n) is 2.85. The molecular formula is C24H17F2IN2O3. The van der Waals surface area contributed by atoms with Crippen molar-refractivity contribution in [2.75, 3.05) is 19.0 Å². The number of amides is 1. The van der Waals surface area contributed by atoms with Crippen LogP contribution in [0.1, 0.15) is 11.1 Å². The molecule has 1 amide bonds. The molecule has 162 valence electrons. The van der Waals surface area contributed by atoms with Crippen LogP contribution in [0, 0.1) is 26.5 Å². The average molecular weight is 546 g/mol. The second-order valence-electron chi connectivity index (χ2n) is 6.53. The van der Waals surface area contributed by atoms with Gasteiger partial charge in [0.15, 0.2) is 18.1 Å². The van der Waals surface area contributed by atoms with Gasteiger partial charge in [0.25, 0.3) is 5.91 Å². The molecule has 0 saturated heterocycles. The lowest BCUT2D eigenvalue weighted by Crippen LogP contribution is -2.20. The van der Waals surface area contributed by atoms with Gasteiger partial charge < -0.3 is 14.8 Å². The quantitative estimate of drug-likeness (QED) is 0.236. The zero-order valence-electron chi connectivity index (χ0n) is 16.9. The maximum Gasteiger partial charge on any atom is 0.262 e. The zero-order valence-corrected chi connectivity index (χ0v) is 19.0. The number of anilines is 1. The number of hydrogen-bond acceptors (Lipinski definition) is 4. The Labute approximate surface area is 197 Å². The maximum atomic E-state index is 14.1. The monoisotopic (exact) mass is 546 g/mol. The molecule has 0 bridgehead atoms. The Hall–Kier alpha value is -3.45. The Morgan fingerprint density at radius 3 is 2.53 bits per heavy atom. The number of allylic oxidation sites excluding steroid dienone is 1. The highest BCUT2D eigenvalue weighted by atomic mass is 127. The van der Waals surface area contributed by atoms with E-state index in [4.69, 9.17) is 9.47 Å². The Morgan fingerprint density at radius 2 is 1.88 bits per heavy atom. The van der Waals surface area contributed by atoms with E-state index in [2.05, 4.69) is 5.32 Å². The van der Waals surface area contributed by atoms with Crippen molar-refractivity contribution in [3.8, 4) is 17.6 Å². The lowest BCUT2D eigenvalue weighted by Gasteiger charge is -2.14. The number of ether oxygens (including phenoxy) is 2. The van der Waals surface area contributed by atoms with Gasteiger partial charge in [0.2, 0.25) is 0 Å². The number of halogens is 3. The van der Waals surface area contributed by atoms with Crippen LogP contribution in [-0.2, 0) is 4.79 Å². The molecular weight excluding hydrogens is 529 g/mol. The van der Waals surface area contributed by atoms with Gasteiger partial charge in [0.1, 0.15) is 11.6 Å². The smallest absolute Gasteiger partial charge is 0.262 e. The summed E-state index contributed by atoms with van der Waals surface area (Å²) in [5.41, 5.74) is 1.41. The van der Waals surface area contributed by atoms with Crippen molar-refractivity contribution < 1.29 is 23.0 Å². The minimum Gasteiger partial charge on any atom is -0.493 e. The molecule has 8 heteroatoms. The van der Waals surface area contributed by atoms with E-state index in [1.165, 1.54) is 43.5 Å². The number of rotatable bonds is 7. The van der Waals surface area contributed by atoms with Gasteiger partial charge in [-0.2, -0.15) is 5.26 Å². The minimum absolute atomic E-state index is 0.160. The molecule has 32 heavy (non-hydrogen) atoms. The van der Waals surface area contributed by atoms with Crippen molar-refractivity contribution in [1.82, 2.24) is 0 Å². The predicted molar refractivity (Wildman–Crippen MR) is 126 cm³/mol. The number of nitrogens with zero attached hydrogens (tertiary/aromatic N) is 1. The van der Waals surface area contributed by atoms with Crippen LogP contribution in [0.25, 0.3) is 11.6 Å². The maximum absolute atomic E-state index is 14.1. The SMILES string of the molecule is COc1cc(/C=C(/C#N)c2ccccc2F)cc(I)c1OCC(=O)Nc1ccc(F)cc1. The highest BCUT2D eigenvalue weighted by molar-refractivity contribution is 14.1. The lowest BCUT2D eigenvalue weighted by molar-refractivity contribution is -0.118. The molecule has 0 aromatic heterocycles. The van der Waals surface area contributed by atoms with Crippen LogP contribution in [0.2, 0.25) is 0 Å². The summed E-state index contributed by atoms with van der Waals surface area (Å²) in [6, 6.07) is 16.8. The number of benzene rings is 3. The summed E-state index contributed by atoms with van der Waals surface area (Å²) < 4.78 is 38.7. The van der Waals surface area contributed by atoms with E-state index in [1.807, 2.05) is 28.7 Å². The summed E-state index contributed by atoms with van der Waals surface area (Å²) in [6.07, 6.45) is 1.55. The van der Waals surface area contributed by atoms with Crippen molar-refractivity contribution in [1.29, 1.82) is 5.26 Å². The van der Waals surface area contributed by atoms with E-state index in [-0.39, 0.29) is 17.7 Å². The Bertz CT molecular complexity index is 1200. The Morgan fingerprint density at radius 1 is 1.16 bits per heavy atom. The van der Waals surface area contributed by atoms with E-state index in [1.54, 1.807) is 30.3 Å². The molecule has 3 rings (SSSR count). The summed E-state index contributed by atoms with van der Waals surface area (Å²) in [4.78, 5) is 12.2. The fraction of sp³-hybridized carbons (Fsp3) is 0.0833. The first-order valence-electron chi connectivity index (χ1n) is 9.33. The third kappa shape index (κ3) is 5.82. The van der Waals surface area contributed by atoms with Crippen molar-refractivity contribution >= 4 is 45.8 Å². The van der Waals surface area contributed by atoms with E-state index >= 15 is 0 Å². The molecule has 0 atom stereocenters. The number of carbonyl (C=O) groups excluding carboxylic acids is 1. The zero-order chi connectivity index (χ0) is 23.1. The van der Waals surface area contributed by atoms with Gasteiger partial charge in [-0.25, -0.2) is 8.78 Å². The Kier molecular flexibility index (Phi) is 7.78. The van der Waals surface area contributed by atoms with Gasteiger partial charge in [0, 0.05) is 11.3 Å². The highest BCUT2D eigenvalue weighted by Gasteiger charge is 2.14. The molecule has 0 aliphatic rings. The molecule has 0 unspecified atom stereocenters. The minimum atomic E-state index is -0.492. The normalized spacial score (nSPS) is 10.9. The van der Waals surface area contributed by atoms with Crippen LogP contribution in [0.4, 0.5) is 14.5 Å². The second kappa shape index (κ2) is 10.7. The molecule has 5 nitrogen and oxygen atoms in total. The highest BCUT2D eigenvalue weighted by Crippen LogP contribution is 2.35. The molecule has 0 aliphatic carbocycles. The van der Waals surface area contributed by atoms with Crippen LogP contribution in [0.15, 0.2) is 60.7 Å². The first kappa shape index (κ1) is 23.2. The van der Waals surface area contributed by atoms with E-state index in [9.17, 15) is 18.8 Å². The van der Waals surface area contributed by atoms with Gasteiger partial charge in [-0.15, -0.1) is 0 Å². The van der Waals surface area contributed by atoms with Crippen LogP contribution in [-0.4, -0.2) is 19.6 Å². The van der Waals surface area contributed by atoms with Gasteiger partial charge in [-0.05, 0) is 76.7 Å². The number of carbonyl (C=O) groups is 1. The number of methoxy groups -OCH3 is 1. The Balaban J connectivity index is 1.79. The lowest BCUT2D eigenvalue weighted by atomic mass is 10.0. The standard InChI is InChI=1S/C24H17F2IN2O3/c1-31-22-12-15(10-16(13-28)19-4-2-3-5-20(19)26)11-21(27)24(22)32-14-23(30)29-18-8-6-17(25)7-9-18/h2-12H,14H2,1H3,(H,29,30)/b16-10-. The third-order valence-electron chi connectivity index (χ3n) is 4.32. The average Bonchev–Trinajstić information content (AvgIpc) is 2.78. The second-order valence-corrected chi connectivity index (χ2v) is 7.69. The predicted octanol–water partition coefficient (Wildman–Crippen LogP) is 5.66. The van der Waals surface area contributed by atoms with Gasteiger partial charge >= 0.3 is 0 Å².